The van der Waals surface area contributed by atoms with Gasteiger partial charge >= 0.3 is 0 Å². The summed E-state index contributed by atoms with van der Waals surface area (Å²) >= 11 is 0. The predicted octanol–water partition coefficient (Wildman–Crippen LogP) is 3.55. The van der Waals surface area contributed by atoms with E-state index in [1.54, 1.807) is 0 Å². The molecule has 2 aromatic rings. The van der Waals surface area contributed by atoms with Crippen LogP contribution >= 0.6 is 0 Å². The second kappa shape index (κ2) is 3.41. The summed E-state index contributed by atoms with van der Waals surface area (Å²) in [5.74, 6) is -0.0905. The van der Waals surface area contributed by atoms with Crippen molar-refractivity contribution in [3.63, 3.8) is 0 Å². The molecule has 0 saturated heterocycles. The average molecular weight is 216 g/mol. The number of hydrogen-bond donors (Lipinski definition) is 2. The first kappa shape index (κ1) is 10.8. The average Bonchev–Trinajstić information content (AvgIpc) is 2.21. The number of benzene rings is 2. The van der Waals surface area contributed by atoms with Gasteiger partial charge in [-0.05, 0) is 22.4 Å². The summed E-state index contributed by atoms with van der Waals surface area (Å²) in [6, 6.07) is 9.23. The van der Waals surface area contributed by atoms with Gasteiger partial charge in [0.1, 0.15) is 0 Å². The Bertz CT molecular complexity index is 536. The third-order valence-corrected chi connectivity index (χ3v) is 2.80. The van der Waals surface area contributed by atoms with E-state index in [4.69, 9.17) is 0 Å². The van der Waals surface area contributed by atoms with Gasteiger partial charge in [0.15, 0.2) is 11.5 Å². The monoisotopic (exact) mass is 216 g/mol. The molecule has 16 heavy (non-hydrogen) atoms. The van der Waals surface area contributed by atoms with Crippen molar-refractivity contribution in [2.24, 2.45) is 0 Å². The van der Waals surface area contributed by atoms with Crippen molar-refractivity contribution in [3.05, 3.63) is 35.9 Å². The SMILES string of the molecule is CC(C)(C)c1cccc2ccc(O)c(O)c12. The number of fused-ring (bicyclic) bond motifs is 1. The maximum absolute atomic E-state index is 9.95. The van der Waals surface area contributed by atoms with Crippen LogP contribution in [-0.2, 0) is 5.41 Å². The summed E-state index contributed by atoms with van der Waals surface area (Å²) in [6.07, 6.45) is 0. The van der Waals surface area contributed by atoms with Crippen molar-refractivity contribution in [2.75, 3.05) is 0 Å². The quantitative estimate of drug-likeness (QED) is 0.661. The third kappa shape index (κ3) is 1.60. The first-order valence-electron chi connectivity index (χ1n) is 5.35. The molecular weight excluding hydrogens is 200 g/mol. The van der Waals surface area contributed by atoms with Crippen LogP contribution in [0, 0.1) is 0 Å². The first-order valence-corrected chi connectivity index (χ1v) is 5.35. The lowest BCUT2D eigenvalue weighted by Crippen LogP contribution is -2.11. The Hall–Kier alpha value is -1.70. The molecule has 2 rings (SSSR count). The molecule has 0 unspecified atom stereocenters. The maximum atomic E-state index is 9.95. The zero-order valence-electron chi connectivity index (χ0n) is 9.78. The van der Waals surface area contributed by atoms with Gasteiger partial charge in [-0.1, -0.05) is 45.0 Å². The van der Waals surface area contributed by atoms with Crippen molar-refractivity contribution >= 4 is 10.8 Å². The summed E-state index contributed by atoms with van der Waals surface area (Å²) in [4.78, 5) is 0. The molecule has 0 atom stereocenters. The molecule has 0 aliphatic rings. The van der Waals surface area contributed by atoms with Gasteiger partial charge < -0.3 is 10.2 Å². The minimum absolute atomic E-state index is 0.0250. The molecule has 0 radical (unpaired) electrons. The van der Waals surface area contributed by atoms with E-state index in [-0.39, 0.29) is 16.9 Å². The topological polar surface area (TPSA) is 40.5 Å². The van der Waals surface area contributed by atoms with Crippen LogP contribution in [0.4, 0.5) is 0 Å². The molecule has 0 bridgehead atoms. The van der Waals surface area contributed by atoms with Crippen LogP contribution in [0.25, 0.3) is 10.8 Å². The fraction of sp³-hybridized carbons (Fsp3) is 0.286. The van der Waals surface area contributed by atoms with Gasteiger partial charge in [-0.15, -0.1) is 0 Å². The summed E-state index contributed by atoms with van der Waals surface area (Å²) in [5, 5.41) is 21.2. The summed E-state index contributed by atoms with van der Waals surface area (Å²) < 4.78 is 0. The van der Waals surface area contributed by atoms with Gasteiger partial charge in [-0.2, -0.15) is 0 Å². The number of aromatic hydroxyl groups is 2. The standard InChI is InChI=1S/C14H16O2/c1-14(2,3)10-6-4-5-9-7-8-11(15)13(16)12(9)10/h4-8,15-16H,1-3H3. The zero-order chi connectivity index (χ0) is 11.9. The molecule has 0 aliphatic carbocycles. The van der Waals surface area contributed by atoms with Crippen molar-refractivity contribution in [1.29, 1.82) is 0 Å². The van der Waals surface area contributed by atoms with Crippen LogP contribution in [0.3, 0.4) is 0 Å². The Morgan fingerprint density at radius 3 is 2.25 bits per heavy atom. The minimum Gasteiger partial charge on any atom is -0.504 e. The highest BCUT2D eigenvalue weighted by molar-refractivity contribution is 5.93. The lowest BCUT2D eigenvalue weighted by atomic mass is 9.83. The number of rotatable bonds is 0. The molecule has 84 valence electrons. The lowest BCUT2D eigenvalue weighted by molar-refractivity contribution is 0.407. The molecule has 0 spiro atoms. The number of hydrogen-bond acceptors (Lipinski definition) is 2. The van der Waals surface area contributed by atoms with E-state index < -0.39 is 0 Å². The van der Waals surface area contributed by atoms with Crippen LogP contribution in [0.15, 0.2) is 30.3 Å². The van der Waals surface area contributed by atoms with E-state index in [9.17, 15) is 10.2 Å². The minimum atomic E-state index is -0.0656. The third-order valence-electron chi connectivity index (χ3n) is 2.80. The van der Waals surface area contributed by atoms with Crippen molar-refractivity contribution in [3.8, 4) is 11.5 Å². The van der Waals surface area contributed by atoms with Crippen molar-refractivity contribution in [2.45, 2.75) is 26.2 Å². The van der Waals surface area contributed by atoms with E-state index >= 15 is 0 Å². The second-order valence-corrected chi connectivity index (χ2v) is 5.09. The molecule has 0 aliphatic heterocycles. The maximum Gasteiger partial charge on any atom is 0.165 e. The second-order valence-electron chi connectivity index (χ2n) is 5.09. The molecule has 2 N–H and O–H groups in total. The predicted molar refractivity (Wildman–Crippen MR) is 66.0 cm³/mol. The van der Waals surface area contributed by atoms with Crippen molar-refractivity contribution < 1.29 is 10.2 Å². The summed E-state index contributed by atoms with van der Waals surface area (Å²) in [5.41, 5.74) is 0.975. The van der Waals surface area contributed by atoms with Gasteiger partial charge in [0.2, 0.25) is 0 Å². The lowest BCUT2D eigenvalue weighted by Gasteiger charge is -2.22. The first-order chi connectivity index (χ1) is 7.41. The zero-order valence-corrected chi connectivity index (χ0v) is 9.78. The highest BCUT2D eigenvalue weighted by Crippen LogP contribution is 2.39. The Balaban J connectivity index is 2.91. The van der Waals surface area contributed by atoms with Gasteiger partial charge in [0.25, 0.3) is 0 Å². The van der Waals surface area contributed by atoms with Crippen LogP contribution in [-0.4, -0.2) is 10.2 Å². The molecule has 0 heterocycles. The van der Waals surface area contributed by atoms with E-state index in [2.05, 4.69) is 20.8 Å². The highest BCUT2D eigenvalue weighted by atomic mass is 16.3. The van der Waals surface area contributed by atoms with Gasteiger partial charge in [0, 0.05) is 5.39 Å². The fourth-order valence-corrected chi connectivity index (χ4v) is 1.97. The molecular formula is C14H16O2. The van der Waals surface area contributed by atoms with Crippen molar-refractivity contribution in [1.82, 2.24) is 0 Å². The van der Waals surface area contributed by atoms with Crippen LogP contribution in [0.1, 0.15) is 26.3 Å². The molecule has 2 aromatic carbocycles. The Morgan fingerprint density at radius 1 is 0.938 bits per heavy atom. The van der Waals surface area contributed by atoms with Gasteiger partial charge in [-0.25, -0.2) is 0 Å². The number of phenols is 2. The Kier molecular flexibility index (Phi) is 2.30. The van der Waals surface area contributed by atoms with Gasteiger partial charge in [0.05, 0.1) is 0 Å². The molecule has 0 aromatic heterocycles. The smallest absolute Gasteiger partial charge is 0.165 e. The van der Waals surface area contributed by atoms with E-state index in [1.165, 1.54) is 6.07 Å². The Labute approximate surface area is 95.2 Å². The highest BCUT2D eigenvalue weighted by Gasteiger charge is 2.19. The van der Waals surface area contributed by atoms with Crippen LogP contribution in [0.5, 0.6) is 11.5 Å². The van der Waals surface area contributed by atoms with Crippen LogP contribution < -0.4 is 0 Å². The van der Waals surface area contributed by atoms with E-state index in [0.717, 1.165) is 16.3 Å². The summed E-state index contributed by atoms with van der Waals surface area (Å²) in [6.45, 7) is 6.27. The molecule has 0 fully saturated rings. The van der Waals surface area contributed by atoms with Gasteiger partial charge in [-0.3, -0.25) is 0 Å². The fourth-order valence-electron chi connectivity index (χ4n) is 1.97. The largest absolute Gasteiger partial charge is 0.504 e. The molecule has 2 heteroatoms. The number of phenolic OH excluding ortho intramolecular Hbond substituents is 2. The molecule has 2 nitrogen and oxygen atoms in total. The molecule has 0 amide bonds. The van der Waals surface area contributed by atoms with E-state index in [1.807, 2.05) is 24.3 Å². The summed E-state index contributed by atoms with van der Waals surface area (Å²) in [7, 11) is 0. The normalized spacial score (nSPS) is 11.9. The van der Waals surface area contributed by atoms with Crippen LogP contribution in [0.2, 0.25) is 0 Å². The van der Waals surface area contributed by atoms with E-state index in [0.29, 0.717) is 0 Å². The molecule has 0 saturated carbocycles. The Morgan fingerprint density at radius 2 is 1.62 bits per heavy atom.